The average Bonchev–Trinajstić information content (AvgIpc) is 2.26. The number of benzene rings is 1. The average molecular weight is 249 g/mol. The predicted octanol–water partition coefficient (Wildman–Crippen LogP) is 2.81. The van der Waals surface area contributed by atoms with Crippen molar-refractivity contribution < 1.29 is 5.11 Å². The minimum absolute atomic E-state index is 0.0834. The predicted molar refractivity (Wildman–Crippen MR) is 78.1 cm³/mol. The molecule has 0 bridgehead atoms. The monoisotopic (exact) mass is 249 g/mol. The van der Waals surface area contributed by atoms with Gasteiger partial charge in [0, 0.05) is 12.0 Å². The van der Waals surface area contributed by atoms with Crippen LogP contribution in [0.25, 0.3) is 0 Å². The number of hydrogen-bond acceptors (Lipinski definition) is 2. The molecule has 0 amide bonds. The molecule has 0 aliphatic carbocycles. The SMILES string of the molecule is Cc1cc(C(C)(C)C)cc(C)c1C(C)(CN)CO. The van der Waals surface area contributed by atoms with Crippen LogP contribution < -0.4 is 5.73 Å². The summed E-state index contributed by atoms with van der Waals surface area (Å²) in [6, 6.07) is 4.46. The molecule has 0 radical (unpaired) electrons. The van der Waals surface area contributed by atoms with Crippen molar-refractivity contribution in [1.29, 1.82) is 0 Å². The smallest absolute Gasteiger partial charge is 0.0537 e. The van der Waals surface area contributed by atoms with Gasteiger partial charge in [-0.1, -0.05) is 39.8 Å². The molecule has 2 heteroatoms. The van der Waals surface area contributed by atoms with E-state index in [9.17, 15) is 5.11 Å². The third-order valence-electron chi connectivity index (χ3n) is 3.80. The maximum Gasteiger partial charge on any atom is 0.0537 e. The molecule has 0 saturated carbocycles. The summed E-state index contributed by atoms with van der Waals surface area (Å²) in [7, 11) is 0. The molecule has 18 heavy (non-hydrogen) atoms. The molecule has 1 unspecified atom stereocenters. The largest absolute Gasteiger partial charge is 0.395 e. The lowest BCUT2D eigenvalue weighted by molar-refractivity contribution is 0.209. The summed E-state index contributed by atoms with van der Waals surface area (Å²) in [5.41, 5.74) is 10.6. The van der Waals surface area contributed by atoms with Crippen molar-refractivity contribution in [3.05, 3.63) is 34.4 Å². The Morgan fingerprint density at radius 2 is 1.50 bits per heavy atom. The van der Waals surface area contributed by atoms with E-state index in [4.69, 9.17) is 5.73 Å². The number of nitrogens with two attached hydrogens (primary N) is 1. The Morgan fingerprint density at radius 3 is 1.78 bits per heavy atom. The molecule has 1 aromatic carbocycles. The normalized spacial score (nSPS) is 15.6. The van der Waals surface area contributed by atoms with Crippen molar-refractivity contribution in [2.75, 3.05) is 13.2 Å². The summed E-state index contributed by atoms with van der Waals surface area (Å²) in [5, 5.41) is 9.64. The summed E-state index contributed by atoms with van der Waals surface area (Å²) in [6.07, 6.45) is 0. The van der Waals surface area contributed by atoms with Crippen molar-refractivity contribution >= 4 is 0 Å². The third-order valence-corrected chi connectivity index (χ3v) is 3.80. The molecule has 2 nitrogen and oxygen atoms in total. The van der Waals surface area contributed by atoms with Gasteiger partial charge in [0.1, 0.15) is 0 Å². The molecule has 0 saturated heterocycles. The molecule has 1 atom stereocenters. The van der Waals surface area contributed by atoms with Crippen LogP contribution in [0.5, 0.6) is 0 Å². The van der Waals surface area contributed by atoms with Crippen LogP contribution in [-0.2, 0) is 10.8 Å². The first-order valence-electron chi connectivity index (χ1n) is 6.59. The first kappa shape index (κ1) is 15.2. The molecular weight excluding hydrogens is 222 g/mol. The Labute approximate surface area is 111 Å². The van der Waals surface area contributed by atoms with Gasteiger partial charge in [0.05, 0.1) is 6.61 Å². The number of aliphatic hydroxyl groups is 1. The topological polar surface area (TPSA) is 46.2 Å². The number of aliphatic hydroxyl groups excluding tert-OH is 1. The van der Waals surface area contributed by atoms with Crippen LogP contribution in [0.4, 0.5) is 0 Å². The third kappa shape index (κ3) is 2.76. The zero-order chi connectivity index (χ0) is 14.1. The van der Waals surface area contributed by atoms with Crippen molar-refractivity contribution in [2.24, 2.45) is 5.73 Å². The summed E-state index contributed by atoms with van der Waals surface area (Å²) < 4.78 is 0. The molecule has 0 aliphatic heterocycles. The Bertz CT molecular complexity index is 402. The highest BCUT2D eigenvalue weighted by Gasteiger charge is 2.28. The lowest BCUT2D eigenvalue weighted by atomic mass is 9.75. The lowest BCUT2D eigenvalue weighted by Gasteiger charge is -2.31. The van der Waals surface area contributed by atoms with Crippen LogP contribution in [-0.4, -0.2) is 18.3 Å². The lowest BCUT2D eigenvalue weighted by Crippen LogP contribution is -2.37. The van der Waals surface area contributed by atoms with E-state index in [-0.39, 0.29) is 17.4 Å². The van der Waals surface area contributed by atoms with Gasteiger partial charge in [0.25, 0.3) is 0 Å². The summed E-state index contributed by atoms with van der Waals surface area (Å²) in [4.78, 5) is 0. The highest BCUT2D eigenvalue weighted by atomic mass is 16.3. The minimum Gasteiger partial charge on any atom is -0.395 e. The molecule has 3 N–H and O–H groups in total. The second-order valence-electron chi connectivity index (χ2n) is 6.66. The number of aryl methyl sites for hydroxylation is 2. The van der Waals surface area contributed by atoms with Crippen molar-refractivity contribution in [3.8, 4) is 0 Å². The standard InChI is InChI=1S/C16H27NO/c1-11-7-13(15(3,4)5)8-12(2)14(11)16(6,9-17)10-18/h7-8,18H,9-10,17H2,1-6H3. The van der Waals surface area contributed by atoms with Crippen LogP contribution in [0.3, 0.4) is 0 Å². The molecule has 1 aromatic rings. The van der Waals surface area contributed by atoms with Crippen LogP contribution in [0.2, 0.25) is 0 Å². The van der Waals surface area contributed by atoms with Crippen LogP contribution in [0, 0.1) is 13.8 Å². The minimum atomic E-state index is -0.343. The van der Waals surface area contributed by atoms with Crippen LogP contribution in [0.15, 0.2) is 12.1 Å². The fourth-order valence-corrected chi connectivity index (χ4v) is 2.59. The molecule has 1 rings (SSSR count). The van der Waals surface area contributed by atoms with E-state index in [1.807, 2.05) is 6.92 Å². The van der Waals surface area contributed by atoms with Gasteiger partial charge in [-0.3, -0.25) is 0 Å². The second kappa shape index (κ2) is 5.02. The van der Waals surface area contributed by atoms with E-state index >= 15 is 0 Å². The van der Waals surface area contributed by atoms with Gasteiger partial charge in [-0.25, -0.2) is 0 Å². The number of hydrogen-bond donors (Lipinski definition) is 2. The Kier molecular flexibility index (Phi) is 4.24. The Morgan fingerprint density at radius 1 is 1.06 bits per heavy atom. The second-order valence-corrected chi connectivity index (χ2v) is 6.66. The summed E-state index contributed by atoms with van der Waals surface area (Å²) in [6.45, 7) is 13.4. The molecule has 0 aromatic heterocycles. The van der Waals surface area contributed by atoms with Crippen molar-refractivity contribution in [2.45, 2.75) is 52.4 Å². The van der Waals surface area contributed by atoms with Crippen LogP contribution in [0.1, 0.15) is 49.9 Å². The van der Waals surface area contributed by atoms with Gasteiger partial charge in [0.2, 0.25) is 0 Å². The highest BCUT2D eigenvalue weighted by Crippen LogP contribution is 2.33. The van der Waals surface area contributed by atoms with E-state index in [0.717, 1.165) is 0 Å². The van der Waals surface area contributed by atoms with Gasteiger partial charge < -0.3 is 10.8 Å². The van der Waals surface area contributed by atoms with Gasteiger partial charge >= 0.3 is 0 Å². The van der Waals surface area contributed by atoms with Gasteiger partial charge in [-0.15, -0.1) is 0 Å². The molecular formula is C16H27NO. The first-order chi connectivity index (χ1) is 8.15. The van der Waals surface area contributed by atoms with Gasteiger partial charge in [-0.2, -0.15) is 0 Å². The highest BCUT2D eigenvalue weighted by molar-refractivity contribution is 5.45. The van der Waals surface area contributed by atoms with E-state index in [2.05, 4.69) is 46.8 Å². The fourth-order valence-electron chi connectivity index (χ4n) is 2.59. The quantitative estimate of drug-likeness (QED) is 0.865. The van der Waals surface area contributed by atoms with Gasteiger partial charge in [-0.05, 0) is 41.5 Å². The molecule has 0 fully saturated rings. The molecule has 0 spiro atoms. The molecule has 102 valence electrons. The van der Waals surface area contributed by atoms with Crippen LogP contribution >= 0.6 is 0 Å². The summed E-state index contributed by atoms with van der Waals surface area (Å²) >= 11 is 0. The maximum atomic E-state index is 9.64. The molecule has 0 heterocycles. The Hall–Kier alpha value is -0.860. The number of rotatable bonds is 3. The summed E-state index contributed by atoms with van der Waals surface area (Å²) in [5.74, 6) is 0. The van der Waals surface area contributed by atoms with Crippen molar-refractivity contribution in [1.82, 2.24) is 0 Å². The first-order valence-corrected chi connectivity index (χ1v) is 6.59. The van der Waals surface area contributed by atoms with E-state index in [0.29, 0.717) is 6.54 Å². The fraction of sp³-hybridized carbons (Fsp3) is 0.625. The zero-order valence-corrected chi connectivity index (χ0v) is 12.6. The van der Waals surface area contributed by atoms with Gasteiger partial charge in [0.15, 0.2) is 0 Å². The Balaban J connectivity index is 3.42. The van der Waals surface area contributed by atoms with E-state index in [1.165, 1.54) is 22.3 Å². The van der Waals surface area contributed by atoms with E-state index in [1.54, 1.807) is 0 Å². The maximum absolute atomic E-state index is 9.64. The van der Waals surface area contributed by atoms with E-state index < -0.39 is 0 Å². The molecule has 0 aliphatic rings. The van der Waals surface area contributed by atoms with Crippen molar-refractivity contribution in [3.63, 3.8) is 0 Å². The zero-order valence-electron chi connectivity index (χ0n) is 12.6.